The Morgan fingerprint density at radius 1 is 0.987 bits per heavy atom. The third kappa shape index (κ3) is 14.1. The van der Waals surface area contributed by atoms with Crippen molar-refractivity contribution >= 4 is 68.3 Å². The molecule has 7 rings (SSSR count). The lowest BCUT2D eigenvalue weighted by atomic mass is 9.85. The first-order valence-electron chi connectivity index (χ1n) is 24.5. The Morgan fingerprint density at radius 2 is 1.71 bits per heavy atom. The molecule has 1 aliphatic rings. The van der Waals surface area contributed by atoms with Gasteiger partial charge in [0.05, 0.1) is 51.5 Å². The second-order valence-corrected chi connectivity index (χ2v) is 22.2. The van der Waals surface area contributed by atoms with Crippen LogP contribution in [0.15, 0.2) is 90.6 Å². The zero-order valence-electron chi connectivity index (χ0n) is 42.8. The Balaban J connectivity index is 0.898. The number of amides is 4. The highest BCUT2D eigenvalue weighted by molar-refractivity contribution is 7.92. The molecule has 4 heterocycles. The fourth-order valence-electron chi connectivity index (χ4n) is 8.33. The molecule has 20 nitrogen and oxygen atoms in total. The van der Waals surface area contributed by atoms with Crippen molar-refractivity contribution in [2.24, 2.45) is 11.1 Å². The van der Waals surface area contributed by atoms with E-state index in [0.717, 1.165) is 21.7 Å². The number of primary amides is 1. The number of sulfonamides is 1. The summed E-state index contributed by atoms with van der Waals surface area (Å²) in [7, 11) is -3.73. The maximum absolute atomic E-state index is 14.1. The number of β-amino-alcohol motifs (C(OH)–C–C–N with tert-alkyl or cyclic N) is 1. The third-order valence-electron chi connectivity index (χ3n) is 12.6. The van der Waals surface area contributed by atoms with Crippen LogP contribution in [0.5, 0.6) is 5.75 Å². The van der Waals surface area contributed by atoms with Gasteiger partial charge in [-0.05, 0) is 92.1 Å². The number of aromatic amines is 1. The number of hydrogen-bond donors (Lipinski definition) is 7. The molecule has 0 unspecified atom stereocenters. The smallest absolute Gasteiger partial charge is 0.339 e. The first-order valence-corrected chi connectivity index (χ1v) is 27.0. The average molecular weight is 1080 g/mol. The third-order valence-corrected chi connectivity index (χ3v) is 14.8. The van der Waals surface area contributed by atoms with Gasteiger partial charge in [0.15, 0.2) is 5.82 Å². The topological polar surface area (TPSA) is 290 Å². The highest BCUT2D eigenvalue weighted by Gasteiger charge is 2.44. The molecular formula is C53H61FN10O10S2. The van der Waals surface area contributed by atoms with E-state index in [9.17, 15) is 41.9 Å². The van der Waals surface area contributed by atoms with Crippen molar-refractivity contribution in [3.63, 3.8) is 0 Å². The van der Waals surface area contributed by atoms with Gasteiger partial charge in [0, 0.05) is 37.7 Å². The summed E-state index contributed by atoms with van der Waals surface area (Å²) < 4.78 is 52.9. The summed E-state index contributed by atoms with van der Waals surface area (Å²) in [6.45, 7) is 10.7. The summed E-state index contributed by atoms with van der Waals surface area (Å²) in [6.07, 6.45) is 0.420. The second kappa shape index (κ2) is 24.3. The number of ether oxygens (including phenoxy) is 2. The number of carbonyl (C=O) groups excluding carboxylic acids is 5. The highest BCUT2D eigenvalue weighted by atomic mass is 32.2. The van der Waals surface area contributed by atoms with Crippen LogP contribution in [0.25, 0.3) is 21.7 Å². The molecule has 4 amide bonds. The van der Waals surface area contributed by atoms with E-state index in [1.807, 2.05) is 31.2 Å². The predicted octanol–water partition coefficient (Wildman–Crippen LogP) is 6.92. The maximum Gasteiger partial charge on any atom is 0.339 e. The quantitative estimate of drug-likeness (QED) is 0.0268. The monoisotopic (exact) mass is 1080 g/mol. The molecule has 0 bridgehead atoms. The Hall–Kier alpha value is -7.76. The van der Waals surface area contributed by atoms with E-state index >= 15 is 0 Å². The number of H-pyrrole nitrogens is 1. The van der Waals surface area contributed by atoms with E-state index in [0.29, 0.717) is 24.0 Å². The maximum atomic E-state index is 14.1. The normalized spacial score (nSPS) is 15.3. The minimum Gasteiger partial charge on any atom is -0.484 e. The molecule has 0 spiro atoms. The fraction of sp³-hybridized carbons (Fsp3) is 0.358. The number of aromatic nitrogens is 4. The lowest BCUT2D eigenvalue weighted by molar-refractivity contribution is -0.144. The van der Waals surface area contributed by atoms with E-state index in [1.54, 1.807) is 62.7 Å². The molecule has 6 aromatic rings. The van der Waals surface area contributed by atoms with Crippen molar-refractivity contribution in [3.05, 3.63) is 124 Å². The standard InChI is InChI=1S/C53H61FN10O10S2/c1-7-76(71,72)63-39-21-17-35(24-41(39)74-31(3)33-15-19-37(54)20-16-33)45-44(48(55)67)49(62-61-45)59-42-22-18-36(27-56-42)52(70)73-23-9-8-10-43(66)60-47(53(4,5)6)51(69)64-28-38(65)25-40(64)50(68)57-26-32-11-13-34(14-12-32)46-30(2)58-29-75-46/h11-22,24,27,29,31,38,40,47,63,65H,7-10,23,25-26,28H2,1-6H3,(H2,55,67)(H,57,68)(H,60,66)(H2,56,59,61,62)/t31-,38+,40-,47+/m0/s1. The number of benzene rings is 3. The van der Waals surface area contributed by atoms with E-state index in [2.05, 4.69) is 40.8 Å². The average Bonchev–Trinajstić information content (AvgIpc) is 4.13. The van der Waals surface area contributed by atoms with Gasteiger partial charge in [0.1, 0.15) is 41.1 Å². The van der Waals surface area contributed by atoms with Gasteiger partial charge < -0.3 is 41.2 Å². The van der Waals surface area contributed by atoms with Crippen molar-refractivity contribution in [1.82, 2.24) is 35.7 Å². The van der Waals surface area contributed by atoms with Gasteiger partial charge in [-0.2, -0.15) is 5.10 Å². The molecule has 1 aliphatic heterocycles. The van der Waals surface area contributed by atoms with E-state index in [1.165, 1.54) is 54.4 Å². The molecule has 0 aliphatic carbocycles. The van der Waals surface area contributed by atoms with Crippen molar-refractivity contribution in [1.29, 1.82) is 0 Å². The van der Waals surface area contributed by atoms with E-state index < -0.39 is 75.1 Å². The predicted molar refractivity (Wildman–Crippen MR) is 284 cm³/mol. The number of halogens is 1. The lowest BCUT2D eigenvalue weighted by Gasteiger charge is -2.35. The zero-order valence-corrected chi connectivity index (χ0v) is 44.4. The van der Waals surface area contributed by atoms with Crippen LogP contribution in [-0.4, -0.2) is 105 Å². The summed E-state index contributed by atoms with van der Waals surface area (Å²) in [5, 5.41) is 26.3. The number of likely N-dealkylation sites (tertiary alicyclic amines) is 1. The second-order valence-electron chi connectivity index (χ2n) is 19.3. The minimum absolute atomic E-state index is 0.00371. The van der Waals surface area contributed by atoms with Crippen LogP contribution in [-0.2, 0) is 35.7 Å². The summed E-state index contributed by atoms with van der Waals surface area (Å²) in [4.78, 5) is 77.6. The number of unbranched alkanes of at least 4 members (excludes halogenated alkanes) is 1. The van der Waals surface area contributed by atoms with Crippen LogP contribution < -0.4 is 31.1 Å². The van der Waals surface area contributed by atoms with Crippen molar-refractivity contribution < 1.29 is 51.4 Å². The summed E-state index contributed by atoms with van der Waals surface area (Å²) in [5.74, 6) is -3.17. The summed E-state index contributed by atoms with van der Waals surface area (Å²) in [6, 6.07) is 18.9. The number of pyridine rings is 1. The SMILES string of the molecule is CCS(=O)(=O)Nc1ccc(-c2[nH]nc(Nc3ccc(C(=O)OCCCCC(=O)N[C@H](C(=O)N4C[C@H](O)C[C@H]4C(=O)NCc4ccc(-c5scnc5C)cc4)C(C)(C)C)cn3)c2C(N)=O)cc1O[C@@H](C)c1ccc(F)cc1. The Kier molecular flexibility index (Phi) is 17.9. The first-order chi connectivity index (χ1) is 36.1. The molecule has 0 radical (unpaired) electrons. The van der Waals surface area contributed by atoms with Crippen LogP contribution >= 0.6 is 11.3 Å². The van der Waals surface area contributed by atoms with Crippen molar-refractivity contribution in [3.8, 4) is 27.4 Å². The van der Waals surface area contributed by atoms with Gasteiger partial charge in [-0.1, -0.05) is 63.2 Å². The Morgan fingerprint density at radius 3 is 2.36 bits per heavy atom. The molecule has 1 saturated heterocycles. The number of nitrogens with zero attached hydrogens (tertiary/aromatic N) is 4. The van der Waals surface area contributed by atoms with Crippen LogP contribution in [0.4, 0.5) is 21.7 Å². The molecule has 4 atom stereocenters. The molecule has 1 fully saturated rings. The molecule has 0 saturated carbocycles. The van der Waals surface area contributed by atoms with Gasteiger partial charge in [-0.3, -0.25) is 29.0 Å². The van der Waals surface area contributed by atoms with Crippen molar-refractivity contribution in [2.45, 2.75) is 98.1 Å². The molecule has 8 N–H and O–H groups in total. The minimum atomic E-state index is -3.73. The number of nitrogens with one attached hydrogen (secondary N) is 5. The van der Waals surface area contributed by atoms with Crippen LogP contribution in [0.1, 0.15) is 104 Å². The number of esters is 1. The van der Waals surface area contributed by atoms with E-state index in [-0.39, 0.29) is 78.2 Å². The largest absolute Gasteiger partial charge is 0.484 e. The van der Waals surface area contributed by atoms with Crippen LogP contribution in [0.2, 0.25) is 0 Å². The van der Waals surface area contributed by atoms with E-state index in [4.69, 9.17) is 15.2 Å². The van der Waals surface area contributed by atoms with Crippen LogP contribution in [0.3, 0.4) is 0 Å². The number of aryl methyl sites for hydroxylation is 1. The molecule has 3 aromatic carbocycles. The Bertz CT molecular complexity index is 3160. The molecule has 23 heteroatoms. The summed E-state index contributed by atoms with van der Waals surface area (Å²) >= 11 is 1.55. The van der Waals surface area contributed by atoms with Crippen LogP contribution in [0, 0.1) is 18.2 Å². The summed E-state index contributed by atoms with van der Waals surface area (Å²) in [5.41, 5.74) is 11.0. The van der Waals surface area contributed by atoms with Gasteiger partial charge in [-0.25, -0.2) is 27.6 Å². The molecule has 402 valence electrons. The number of thiazole rings is 1. The van der Waals surface area contributed by atoms with Gasteiger partial charge in [0.25, 0.3) is 5.91 Å². The highest BCUT2D eigenvalue weighted by Crippen LogP contribution is 2.37. The number of rotatable bonds is 22. The molecular weight excluding hydrogens is 1020 g/mol. The van der Waals surface area contributed by atoms with Gasteiger partial charge in [-0.15, -0.1) is 11.3 Å². The number of hydrogen-bond acceptors (Lipinski definition) is 15. The number of aliphatic hydroxyl groups excluding tert-OH is 1. The lowest BCUT2D eigenvalue weighted by Crippen LogP contribution is -2.57. The molecule has 3 aromatic heterocycles. The van der Waals surface area contributed by atoms with Crippen molar-refractivity contribution in [2.75, 3.05) is 28.9 Å². The van der Waals surface area contributed by atoms with Gasteiger partial charge in [0.2, 0.25) is 27.7 Å². The van der Waals surface area contributed by atoms with Gasteiger partial charge >= 0.3 is 5.97 Å². The fourth-order valence-corrected chi connectivity index (χ4v) is 9.79. The zero-order chi connectivity index (χ0) is 54.9. The first kappa shape index (κ1) is 56.0. The number of anilines is 3. The number of nitrogens with two attached hydrogens (primary N) is 1. The molecule has 76 heavy (non-hydrogen) atoms. The Labute approximate surface area is 443 Å². The number of carbonyl (C=O) groups is 5. The number of aliphatic hydroxyl groups is 1.